The maximum absolute atomic E-state index is 13.4. The summed E-state index contributed by atoms with van der Waals surface area (Å²) in [6.45, 7) is 1.55. The first-order valence-corrected chi connectivity index (χ1v) is 11.0. The molecular weight excluding hydrogens is 389 g/mol. The van der Waals surface area contributed by atoms with Gasteiger partial charge in [-0.25, -0.2) is 8.42 Å². The number of nitrogens with one attached hydrogen (secondary N) is 1. The number of hydrogen-bond donors (Lipinski definition) is 1. The normalized spacial score (nSPS) is 15.5. The van der Waals surface area contributed by atoms with Gasteiger partial charge in [0.15, 0.2) is 9.84 Å². The molecule has 0 aliphatic heterocycles. The fraction of sp³-hybridized carbons (Fsp3) is 0.450. The summed E-state index contributed by atoms with van der Waals surface area (Å²) in [6, 6.07) is 5.87. The summed E-state index contributed by atoms with van der Waals surface area (Å²) < 4.78 is 64.2. The van der Waals surface area contributed by atoms with Gasteiger partial charge in [-0.15, -0.1) is 0 Å². The summed E-state index contributed by atoms with van der Waals surface area (Å²) in [5, 5.41) is 6.06. The van der Waals surface area contributed by atoms with E-state index in [1.54, 1.807) is 6.92 Å². The van der Waals surface area contributed by atoms with Crippen molar-refractivity contribution in [2.24, 2.45) is 0 Å². The molecule has 0 saturated carbocycles. The van der Waals surface area contributed by atoms with Crippen LogP contribution in [0.15, 0.2) is 40.8 Å². The second-order valence-corrected chi connectivity index (χ2v) is 9.24. The highest BCUT2D eigenvalue weighted by atomic mass is 32.2. The minimum absolute atomic E-state index is 0.0344. The van der Waals surface area contributed by atoms with Crippen molar-refractivity contribution in [2.75, 3.05) is 5.75 Å². The number of alkyl halides is 3. The highest BCUT2D eigenvalue weighted by Gasteiger charge is 2.37. The van der Waals surface area contributed by atoms with Crippen LogP contribution in [0.25, 0.3) is 11.3 Å². The molecule has 0 spiro atoms. The van der Waals surface area contributed by atoms with Gasteiger partial charge in [-0.05, 0) is 50.7 Å². The van der Waals surface area contributed by atoms with Crippen LogP contribution >= 0.6 is 0 Å². The Balaban J connectivity index is 1.94. The smallest absolute Gasteiger partial charge is 0.273 e. The van der Waals surface area contributed by atoms with Crippen LogP contribution in [0.2, 0.25) is 0 Å². The Morgan fingerprint density at radius 3 is 2.39 bits per heavy atom. The van der Waals surface area contributed by atoms with E-state index in [0.29, 0.717) is 12.0 Å². The molecule has 0 bridgehead atoms. The van der Waals surface area contributed by atoms with Crippen molar-refractivity contribution in [1.29, 1.82) is 0 Å². The number of aromatic nitrogens is 2. The van der Waals surface area contributed by atoms with Crippen LogP contribution < -0.4 is 0 Å². The highest BCUT2D eigenvalue weighted by Crippen LogP contribution is 2.37. The summed E-state index contributed by atoms with van der Waals surface area (Å²) >= 11 is 0. The van der Waals surface area contributed by atoms with Gasteiger partial charge in [0.1, 0.15) is 5.69 Å². The van der Waals surface area contributed by atoms with Gasteiger partial charge in [0.05, 0.1) is 16.3 Å². The van der Waals surface area contributed by atoms with Gasteiger partial charge >= 0.3 is 6.18 Å². The van der Waals surface area contributed by atoms with Crippen LogP contribution in [0.3, 0.4) is 0 Å². The minimum Gasteiger partial charge on any atom is -0.273 e. The van der Waals surface area contributed by atoms with Gasteiger partial charge in [0.25, 0.3) is 0 Å². The third-order valence-corrected chi connectivity index (χ3v) is 6.85. The zero-order valence-corrected chi connectivity index (χ0v) is 16.5. The van der Waals surface area contributed by atoms with E-state index in [4.69, 9.17) is 0 Å². The summed E-state index contributed by atoms with van der Waals surface area (Å²) in [4.78, 5) is 0.152. The number of H-pyrrole nitrogens is 1. The molecule has 0 atom stereocenters. The second-order valence-electron chi connectivity index (χ2n) is 6.96. The predicted molar refractivity (Wildman–Crippen MR) is 102 cm³/mol. The molecule has 0 radical (unpaired) electrons. The number of allylic oxidation sites excluding steroid dienone is 2. The molecule has 0 amide bonds. The lowest BCUT2D eigenvalue weighted by Gasteiger charge is -2.14. The molecule has 3 rings (SSSR count). The van der Waals surface area contributed by atoms with Crippen molar-refractivity contribution in [3.8, 4) is 11.3 Å². The first-order chi connectivity index (χ1) is 13.2. The van der Waals surface area contributed by atoms with Crippen LogP contribution in [-0.4, -0.2) is 24.4 Å². The molecule has 0 fully saturated rings. The molecule has 4 nitrogen and oxygen atoms in total. The van der Waals surface area contributed by atoms with Crippen LogP contribution in [0.5, 0.6) is 0 Å². The van der Waals surface area contributed by atoms with Crippen LogP contribution in [0, 0.1) is 0 Å². The zero-order chi connectivity index (χ0) is 20.4. The Kier molecular flexibility index (Phi) is 5.98. The number of rotatable bonds is 6. The summed E-state index contributed by atoms with van der Waals surface area (Å²) in [5.41, 5.74) is 1.18. The first kappa shape index (κ1) is 20.6. The Labute approximate surface area is 162 Å². The van der Waals surface area contributed by atoms with E-state index in [0.717, 1.165) is 25.7 Å². The molecule has 8 heteroatoms. The number of halogens is 3. The van der Waals surface area contributed by atoms with Crippen molar-refractivity contribution in [2.45, 2.75) is 56.5 Å². The monoisotopic (exact) mass is 412 g/mol. The second kappa shape index (κ2) is 8.11. The van der Waals surface area contributed by atoms with E-state index in [9.17, 15) is 21.6 Å². The zero-order valence-electron chi connectivity index (χ0n) is 15.6. The van der Waals surface area contributed by atoms with Gasteiger partial charge < -0.3 is 0 Å². The number of benzene rings is 1. The lowest BCUT2D eigenvalue weighted by atomic mass is 9.93. The largest absolute Gasteiger partial charge is 0.433 e. The molecule has 0 unspecified atom stereocenters. The molecular formula is C20H23F3N2O2S. The number of aromatic amines is 1. The lowest BCUT2D eigenvalue weighted by Crippen LogP contribution is -2.09. The van der Waals surface area contributed by atoms with Gasteiger partial charge in [-0.2, -0.15) is 18.3 Å². The Morgan fingerprint density at radius 1 is 1.11 bits per heavy atom. The molecule has 152 valence electrons. The van der Waals surface area contributed by atoms with Crippen molar-refractivity contribution in [3.05, 3.63) is 47.2 Å². The summed E-state index contributed by atoms with van der Waals surface area (Å²) in [6.07, 6.45) is 2.52. The van der Waals surface area contributed by atoms with Crippen molar-refractivity contribution < 1.29 is 21.6 Å². The fourth-order valence-corrected chi connectivity index (χ4v) is 4.37. The van der Waals surface area contributed by atoms with Crippen molar-refractivity contribution >= 4 is 9.84 Å². The van der Waals surface area contributed by atoms with Gasteiger partial charge in [0.2, 0.25) is 0 Å². The van der Waals surface area contributed by atoms with E-state index in [-0.39, 0.29) is 28.3 Å². The first-order valence-electron chi connectivity index (χ1n) is 9.38. The standard InChI is InChI=1S/C20H23F3N2O2S/c1-2-28(26,27)16-11-9-15(10-12-16)18-17(19(25-24-18)20(21,22)23)13-8-14-6-4-3-5-7-14/h6,9-12H,2-5,7-8,13H2,1H3,(H,24,25). The average Bonchev–Trinajstić information content (AvgIpc) is 3.11. The average molecular weight is 412 g/mol. The van der Waals surface area contributed by atoms with E-state index >= 15 is 0 Å². The Bertz CT molecular complexity index is 958. The number of hydrogen-bond acceptors (Lipinski definition) is 3. The fourth-order valence-electron chi connectivity index (χ4n) is 3.49. The quantitative estimate of drug-likeness (QED) is 0.653. The molecule has 1 aliphatic carbocycles. The molecule has 0 saturated heterocycles. The summed E-state index contributed by atoms with van der Waals surface area (Å²) in [5.74, 6) is -0.0344. The maximum Gasteiger partial charge on any atom is 0.433 e. The molecule has 28 heavy (non-hydrogen) atoms. The predicted octanol–water partition coefficient (Wildman–Crippen LogP) is 5.32. The number of sulfone groups is 1. The highest BCUT2D eigenvalue weighted by molar-refractivity contribution is 7.91. The molecule has 1 heterocycles. The third-order valence-electron chi connectivity index (χ3n) is 5.10. The van der Waals surface area contributed by atoms with Crippen molar-refractivity contribution in [3.63, 3.8) is 0 Å². The molecule has 1 aromatic heterocycles. The van der Waals surface area contributed by atoms with E-state index in [2.05, 4.69) is 16.3 Å². The van der Waals surface area contributed by atoms with Crippen LogP contribution in [-0.2, 0) is 22.4 Å². The van der Waals surface area contributed by atoms with Crippen LogP contribution in [0.1, 0.15) is 50.3 Å². The SMILES string of the molecule is CCS(=O)(=O)c1ccc(-c2n[nH]c(C(F)(F)F)c2CCC2=CCCCC2)cc1. The Morgan fingerprint density at radius 2 is 1.82 bits per heavy atom. The molecule has 2 aromatic rings. The van der Waals surface area contributed by atoms with Crippen LogP contribution in [0.4, 0.5) is 13.2 Å². The van der Waals surface area contributed by atoms with E-state index in [1.807, 2.05) is 0 Å². The van der Waals surface area contributed by atoms with Crippen molar-refractivity contribution in [1.82, 2.24) is 10.2 Å². The molecule has 1 aliphatic rings. The van der Waals surface area contributed by atoms with Gasteiger partial charge in [-0.3, -0.25) is 5.10 Å². The maximum atomic E-state index is 13.4. The number of nitrogens with zero attached hydrogens (tertiary/aromatic N) is 1. The minimum atomic E-state index is -4.52. The van der Waals surface area contributed by atoms with E-state index in [1.165, 1.54) is 29.8 Å². The van der Waals surface area contributed by atoms with Gasteiger partial charge in [-0.1, -0.05) is 30.7 Å². The third kappa shape index (κ3) is 4.48. The van der Waals surface area contributed by atoms with E-state index < -0.39 is 21.7 Å². The Hall–Kier alpha value is -2.09. The lowest BCUT2D eigenvalue weighted by molar-refractivity contribution is -0.141. The topological polar surface area (TPSA) is 62.8 Å². The summed E-state index contributed by atoms with van der Waals surface area (Å²) in [7, 11) is -3.37. The molecule has 1 N–H and O–H groups in total. The molecule has 1 aromatic carbocycles. The van der Waals surface area contributed by atoms with Gasteiger partial charge in [0, 0.05) is 11.1 Å².